The molecule has 84 valence electrons. The Balaban J connectivity index is 2.99. The van der Waals surface area contributed by atoms with Gasteiger partial charge < -0.3 is 5.73 Å². The fraction of sp³-hybridized carbons (Fsp3) is 0.538. The second-order valence-electron chi connectivity index (χ2n) is 4.33. The van der Waals surface area contributed by atoms with Crippen molar-refractivity contribution in [3.05, 3.63) is 35.1 Å². The molecule has 1 aromatic carbocycles. The predicted molar refractivity (Wildman–Crippen MR) is 62.3 cm³/mol. The van der Waals surface area contributed by atoms with Crippen LogP contribution in [0.1, 0.15) is 56.7 Å². The maximum atomic E-state index is 13.5. The summed E-state index contributed by atoms with van der Waals surface area (Å²) >= 11 is 0. The second kappa shape index (κ2) is 5.26. The summed E-state index contributed by atoms with van der Waals surface area (Å²) in [6.45, 7) is 6.26. The second-order valence-corrected chi connectivity index (χ2v) is 4.33. The molecule has 0 amide bonds. The summed E-state index contributed by atoms with van der Waals surface area (Å²) in [6.07, 6.45) is 1.81. The van der Waals surface area contributed by atoms with Crippen LogP contribution in [0.5, 0.6) is 0 Å². The number of hydrogen-bond donors (Lipinski definition) is 1. The van der Waals surface area contributed by atoms with E-state index in [0.29, 0.717) is 11.5 Å². The first-order valence-corrected chi connectivity index (χ1v) is 5.61. The van der Waals surface area contributed by atoms with Crippen molar-refractivity contribution >= 4 is 0 Å². The molecule has 0 radical (unpaired) electrons. The van der Waals surface area contributed by atoms with Crippen molar-refractivity contribution in [1.82, 2.24) is 0 Å². The van der Waals surface area contributed by atoms with Crippen molar-refractivity contribution in [2.45, 2.75) is 45.6 Å². The van der Waals surface area contributed by atoms with E-state index >= 15 is 0 Å². The van der Waals surface area contributed by atoms with Gasteiger partial charge in [0.25, 0.3) is 0 Å². The van der Waals surface area contributed by atoms with E-state index in [1.54, 1.807) is 0 Å². The minimum absolute atomic E-state index is 0.173. The van der Waals surface area contributed by atoms with Gasteiger partial charge in [0, 0.05) is 11.6 Å². The average Bonchev–Trinajstić information content (AvgIpc) is 2.18. The Labute approximate surface area is 91.5 Å². The summed E-state index contributed by atoms with van der Waals surface area (Å²) in [5.74, 6) is 0.235. The van der Waals surface area contributed by atoms with Gasteiger partial charge in [-0.05, 0) is 24.0 Å². The summed E-state index contributed by atoms with van der Waals surface area (Å²) in [5.41, 5.74) is 7.74. The Morgan fingerprint density at radius 3 is 2.53 bits per heavy atom. The molecule has 0 aliphatic carbocycles. The number of halogens is 1. The molecule has 2 heteroatoms. The molecule has 15 heavy (non-hydrogen) atoms. The predicted octanol–water partition coefficient (Wildman–Crippen LogP) is 3.75. The molecule has 0 heterocycles. The molecule has 0 spiro atoms. The molecular formula is C13H20FN. The largest absolute Gasteiger partial charge is 0.324 e. The van der Waals surface area contributed by atoms with Gasteiger partial charge in [-0.15, -0.1) is 0 Å². The van der Waals surface area contributed by atoms with Gasteiger partial charge in [-0.1, -0.05) is 39.3 Å². The molecule has 0 saturated heterocycles. The average molecular weight is 209 g/mol. The van der Waals surface area contributed by atoms with E-state index < -0.39 is 0 Å². The Morgan fingerprint density at radius 2 is 2.00 bits per heavy atom. The highest BCUT2D eigenvalue weighted by Gasteiger charge is 2.12. The Hall–Kier alpha value is -0.890. The monoisotopic (exact) mass is 209 g/mol. The van der Waals surface area contributed by atoms with Crippen LogP contribution in [-0.4, -0.2) is 0 Å². The van der Waals surface area contributed by atoms with Gasteiger partial charge in [0.15, 0.2) is 0 Å². The first-order chi connectivity index (χ1) is 7.06. The lowest BCUT2D eigenvalue weighted by atomic mass is 9.96. The third-order valence-electron chi connectivity index (χ3n) is 2.69. The Kier molecular flexibility index (Phi) is 4.28. The number of hydrogen-bond acceptors (Lipinski definition) is 1. The van der Waals surface area contributed by atoms with Crippen LogP contribution >= 0.6 is 0 Å². The molecule has 0 saturated carbocycles. The molecule has 1 nitrogen and oxygen atoms in total. The minimum Gasteiger partial charge on any atom is -0.324 e. The topological polar surface area (TPSA) is 26.0 Å². The fourth-order valence-corrected chi connectivity index (χ4v) is 1.67. The van der Waals surface area contributed by atoms with Crippen molar-refractivity contribution in [2.24, 2.45) is 5.73 Å². The molecule has 2 N–H and O–H groups in total. The molecule has 1 unspecified atom stereocenters. The van der Waals surface area contributed by atoms with E-state index in [0.717, 1.165) is 18.4 Å². The Bertz CT molecular complexity index is 320. The van der Waals surface area contributed by atoms with E-state index in [1.807, 2.05) is 12.1 Å². The lowest BCUT2D eigenvalue weighted by molar-refractivity contribution is 0.558. The van der Waals surface area contributed by atoms with Crippen LogP contribution in [0.2, 0.25) is 0 Å². The standard InChI is InChI=1S/C13H20FN/c1-4-5-13(15)11-8-10(9(2)3)6-7-12(11)14/h6-9,13H,4-5,15H2,1-3H3. The van der Waals surface area contributed by atoms with E-state index in [9.17, 15) is 4.39 Å². The zero-order valence-corrected chi connectivity index (χ0v) is 9.76. The first kappa shape index (κ1) is 12.2. The lowest BCUT2D eigenvalue weighted by Crippen LogP contribution is -2.12. The zero-order valence-electron chi connectivity index (χ0n) is 9.76. The van der Waals surface area contributed by atoms with Gasteiger partial charge >= 0.3 is 0 Å². The number of nitrogens with two attached hydrogens (primary N) is 1. The van der Waals surface area contributed by atoms with Crippen molar-refractivity contribution in [3.8, 4) is 0 Å². The molecule has 0 fully saturated rings. The van der Waals surface area contributed by atoms with Crippen molar-refractivity contribution in [3.63, 3.8) is 0 Å². The molecule has 0 bridgehead atoms. The van der Waals surface area contributed by atoms with E-state index in [-0.39, 0.29) is 11.9 Å². The van der Waals surface area contributed by atoms with Gasteiger partial charge in [0.05, 0.1) is 0 Å². The smallest absolute Gasteiger partial charge is 0.127 e. The quantitative estimate of drug-likeness (QED) is 0.803. The van der Waals surface area contributed by atoms with Crippen LogP contribution in [0, 0.1) is 5.82 Å². The van der Waals surface area contributed by atoms with E-state index in [4.69, 9.17) is 5.73 Å². The molecule has 0 aliphatic rings. The molecule has 1 aromatic rings. The lowest BCUT2D eigenvalue weighted by Gasteiger charge is -2.14. The molecule has 1 rings (SSSR count). The van der Waals surface area contributed by atoms with Gasteiger partial charge in [-0.25, -0.2) is 4.39 Å². The van der Waals surface area contributed by atoms with E-state index in [1.165, 1.54) is 6.07 Å². The van der Waals surface area contributed by atoms with Crippen LogP contribution in [-0.2, 0) is 0 Å². The zero-order chi connectivity index (χ0) is 11.4. The summed E-state index contributed by atoms with van der Waals surface area (Å²) < 4.78 is 13.5. The van der Waals surface area contributed by atoms with Crippen LogP contribution in [0.3, 0.4) is 0 Å². The molecule has 0 aliphatic heterocycles. The van der Waals surface area contributed by atoms with Gasteiger partial charge in [-0.2, -0.15) is 0 Å². The van der Waals surface area contributed by atoms with Crippen molar-refractivity contribution in [2.75, 3.05) is 0 Å². The van der Waals surface area contributed by atoms with Crippen LogP contribution in [0.15, 0.2) is 18.2 Å². The molecule has 1 atom stereocenters. The number of benzene rings is 1. The maximum absolute atomic E-state index is 13.5. The van der Waals surface area contributed by atoms with Crippen molar-refractivity contribution < 1.29 is 4.39 Å². The highest BCUT2D eigenvalue weighted by atomic mass is 19.1. The van der Waals surface area contributed by atoms with Crippen molar-refractivity contribution in [1.29, 1.82) is 0 Å². The van der Waals surface area contributed by atoms with Crippen LogP contribution < -0.4 is 5.73 Å². The van der Waals surface area contributed by atoms with Crippen LogP contribution in [0.4, 0.5) is 4.39 Å². The highest BCUT2D eigenvalue weighted by molar-refractivity contribution is 5.29. The summed E-state index contributed by atoms with van der Waals surface area (Å²) in [7, 11) is 0. The minimum atomic E-state index is -0.180. The van der Waals surface area contributed by atoms with Gasteiger partial charge in [0.2, 0.25) is 0 Å². The normalized spacial score (nSPS) is 13.2. The summed E-state index contributed by atoms with van der Waals surface area (Å²) in [6, 6.07) is 5.09. The Morgan fingerprint density at radius 1 is 1.33 bits per heavy atom. The van der Waals surface area contributed by atoms with E-state index in [2.05, 4.69) is 20.8 Å². The third-order valence-corrected chi connectivity index (χ3v) is 2.69. The molecular weight excluding hydrogens is 189 g/mol. The molecule has 0 aromatic heterocycles. The first-order valence-electron chi connectivity index (χ1n) is 5.61. The summed E-state index contributed by atoms with van der Waals surface area (Å²) in [5, 5.41) is 0. The fourth-order valence-electron chi connectivity index (χ4n) is 1.67. The van der Waals surface area contributed by atoms with Crippen LogP contribution in [0.25, 0.3) is 0 Å². The van der Waals surface area contributed by atoms with Gasteiger partial charge in [-0.3, -0.25) is 0 Å². The summed E-state index contributed by atoms with van der Waals surface area (Å²) in [4.78, 5) is 0. The number of rotatable bonds is 4. The van der Waals surface area contributed by atoms with Gasteiger partial charge in [0.1, 0.15) is 5.82 Å². The third kappa shape index (κ3) is 3.03. The maximum Gasteiger partial charge on any atom is 0.127 e. The SMILES string of the molecule is CCCC(N)c1cc(C(C)C)ccc1F. The highest BCUT2D eigenvalue weighted by Crippen LogP contribution is 2.24.